The van der Waals surface area contributed by atoms with E-state index in [9.17, 15) is 9.59 Å². The molecule has 8 heteroatoms. The summed E-state index contributed by atoms with van der Waals surface area (Å²) in [5.74, 6) is 0.347. The molecule has 0 saturated heterocycles. The SMILES string of the molecule is CN(/N=C/c1cc(Br)cs1)c1cc(=O)n(C)c(=O)[nH]1. The summed E-state index contributed by atoms with van der Waals surface area (Å²) in [6, 6.07) is 3.25. The van der Waals surface area contributed by atoms with Crippen LogP contribution in [0.4, 0.5) is 5.82 Å². The number of hydrazone groups is 1. The van der Waals surface area contributed by atoms with Crippen molar-refractivity contribution in [3.8, 4) is 0 Å². The van der Waals surface area contributed by atoms with Crippen molar-refractivity contribution in [3.63, 3.8) is 0 Å². The van der Waals surface area contributed by atoms with Crippen molar-refractivity contribution in [2.24, 2.45) is 12.1 Å². The Morgan fingerprint density at radius 1 is 1.47 bits per heavy atom. The van der Waals surface area contributed by atoms with E-state index in [1.54, 1.807) is 13.3 Å². The molecule has 0 aliphatic rings. The molecule has 1 N–H and O–H groups in total. The molecular weight excluding hydrogens is 332 g/mol. The smallest absolute Gasteiger partial charge is 0.292 e. The zero-order valence-corrected chi connectivity index (χ0v) is 12.7. The van der Waals surface area contributed by atoms with Crippen LogP contribution in [0.5, 0.6) is 0 Å². The fraction of sp³-hybridized carbons (Fsp3) is 0.182. The standard InChI is InChI=1S/C11H11BrN4O2S/c1-15-10(17)4-9(14-11(15)18)16(2)13-5-8-3-7(12)6-19-8/h3-6H,1-2H3,(H,14,18)/b13-5+. The minimum Gasteiger partial charge on any atom is -0.292 e. The van der Waals surface area contributed by atoms with E-state index >= 15 is 0 Å². The minimum atomic E-state index is -0.469. The number of hydrogen-bond acceptors (Lipinski definition) is 5. The second-order valence-corrected chi connectivity index (χ2v) is 5.65. The molecule has 2 heterocycles. The molecule has 0 bridgehead atoms. The van der Waals surface area contributed by atoms with Gasteiger partial charge in [-0.1, -0.05) is 0 Å². The third-order valence-electron chi connectivity index (χ3n) is 2.42. The van der Waals surface area contributed by atoms with Gasteiger partial charge < -0.3 is 0 Å². The highest BCUT2D eigenvalue weighted by atomic mass is 79.9. The van der Waals surface area contributed by atoms with E-state index in [1.165, 1.54) is 29.5 Å². The van der Waals surface area contributed by atoms with Crippen LogP contribution in [0.25, 0.3) is 0 Å². The van der Waals surface area contributed by atoms with E-state index in [0.717, 1.165) is 13.9 Å². The molecule has 2 aromatic heterocycles. The zero-order valence-electron chi connectivity index (χ0n) is 10.3. The maximum Gasteiger partial charge on any atom is 0.329 e. The molecule has 0 unspecified atom stereocenters. The fourth-order valence-corrected chi connectivity index (χ4v) is 2.62. The van der Waals surface area contributed by atoms with Crippen LogP contribution < -0.4 is 16.3 Å². The van der Waals surface area contributed by atoms with Gasteiger partial charge in [0.2, 0.25) is 0 Å². The lowest BCUT2D eigenvalue weighted by atomic mass is 10.5. The van der Waals surface area contributed by atoms with Crippen molar-refractivity contribution in [3.05, 3.63) is 47.7 Å². The highest BCUT2D eigenvalue weighted by molar-refractivity contribution is 9.10. The van der Waals surface area contributed by atoms with Crippen LogP contribution in [-0.2, 0) is 7.05 Å². The largest absolute Gasteiger partial charge is 0.329 e. The van der Waals surface area contributed by atoms with Crippen LogP contribution in [0.3, 0.4) is 0 Å². The number of halogens is 1. The van der Waals surface area contributed by atoms with Crippen LogP contribution in [0.1, 0.15) is 4.88 Å². The summed E-state index contributed by atoms with van der Waals surface area (Å²) in [6.07, 6.45) is 1.66. The predicted molar refractivity (Wildman–Crippen MR) is 80.3 cm³/mol. The number of thiophene rings is 1. The third-order valence-corrected chi connectivity index (χ3v) is 4.05. The van der Waals surface area contributed by atoms with Crippen LogP contribution in [0.15, 0.2) is 36.7 Å². The molecule has 0 aliphatic heterocycles. The van der Waals surface area contributed by atoms with E-state index in [2.05, 4.69) is 26.0 Å². The molecule has 100 valence electrons. The number of aromatic nitrogens is 2. The first-order chi connectivity index (χ1) is 8.97. The van der Waals surface area contributed by atoms with Gasteiger partial charge in [-0.3, -0.25) is 19.4 Å². The van der Waals surface area contributed by atoms with Gasteiger partial charge in [-0.2, -0.15) is 5.10 Å². The highest BCUT2D eigenvalue weighted by Crippen LogP contribution is 2.18. The van der Waals surface area contributed by atoms with Gasteiger partial charge in [0.05, 0.1) is 6.21 Å². The fourth-order valence-electron chi connectivity index (χ4n) is 1.32. The molecule has 2 rings (SSSR count). The summed E-state index contributed by atoms with van der Waals surface area (Å²) in [5, 5.41) is 7.56. The van der Waals surface area contributed by atoms with Crippen molar-refractivity contribution in [2.75, 3.05) is 12.1 Å². The molecule has 0 atom stereocenters. The average molecular weight is 343 g/mol. The summed E-state index contributed by atoms with van der Waals surface area (Å²) in [7, 11) is 3.07. The lowest BCUT2D eigenvalue weighted by molar-refractivity contribution is 0.766. The average Bonchev–Trinajstić information content (AvgIpc) is 2.78. The maximum absolute atomic E-state index is 11.5. The molecule has 0 amide bonds. The van der Waals surface area contributed by atoms with Crippen molar-refractivity contribution in [2.45, 2.75) is 0 Å². The highest BCUT2D eigenvalue weighted by Gasteiger charge is 2.04. The Morgan fingerprint density at radius 2 is 2.21 bits per heavy atom. The predicted octanol–water partition coefficient (Wildman–Crippen LogP) is 1.37. The van der Waals surface area contributed by atoms with Crippen molar-refractivity contribution in [1.29, 1.82) is 0 Å². The zero-order chi connectivity index (χ0) is 14.0. The number of nitrogens with zero attached hydrogens (tertiary/aromatic N) is 3. The summed E-state index contributed by atoms with van der Waals surface area (Å²) < 4.78 is 1.99. The summed E-state index contributed by atoms with van der Waals surface area (Å²) in [4.78, 5) is 26.5. The number of hydrogen-bond donors (Lipinski definition) is 1. The molecule has 0 radical (unpaired) electrons. The summed E-state index contributed by atoms with van der Waals surface area (Å²) >= 11 is 4.89. The van der Waals surface area contributed by atoms with Crippen LogP contribution >= 0.6 is 27.3 Å². The molecule has 2 aromatic rings. The first-order valence-electron chi connectivity index (χ1n) is 5.29. The van der Waals surface area contributed by atoms with E-state index in [1.807, 2.05) is 11.4 Å². The molecular formula is C11H11BrN4O2S. The normalized spacial score (nSPS) is 11.1. The summed E-state index contributed by atoms with van der Waals surface area (Å²) in [5.41, 5.74) is -0.844. The van der Waals surface area contributed by atoms with Gasteiger partial charge in [-0.05, 0) is 22.0 Å². The van der Waals surface area contributed by atoms with Gasteiger partial charge in [0, 0.05) is 34.9 Å². The molecule has 0 fully saturated rings. The number of rotatable bonds is 3. The second-order valence-electron chi connectivity index (χ2n) is 3.79. The topological polar surface area (TPSA) is 70.5 Å². The Balaban J connectivity index is 2.25. The van der Waals surface area contributed by atoms with Crippen LogP contribution in [0, 0.1) is 0 Å². The van der Waals surface area contributed by atoms with Gasteiger partial charge in [-0.25, -0.2) is 4.79 Å². The van der Waals surface area contributed by atoms with Gasteiger partial charge in [0.15, 0.2) is 0 Å². The summed E-state index contributed by atoms with van der Waals surface area (Å²) in [6.45, 7) is 0. The molecule has 6 nitrogen and oxygen atoms in total. The maximum atomic E-state index is 11.5. The Kier molecular flexibility index (Phi) is 4.01. The van der Waals surface area contributed by atoms with E-state index in [-0.39, 0.29) is 5.56 Å². The van der Waals surface area contributed by atoms with Gasteiger partial charge in [0.25, 0.3) is 5.56 Å². The molecule has 0 aromatic carbocycles. The quantitative estimate of drug-likeness (QED) is 0.676. The third kappa shape index (κ3) is 3.21. The number of H-pyrrole nitrogens is 1. The molecule has 0 saturated carbocycles. The Labute approximate surface area is 121 Å². The van der Waals surface area contributed by atoms with Gasteiger partial charge in [0.1, 0.15) is 5.82 Å². The number of aromatic amines is 1. The molecule has 0 spiro atoms. The Hall–Kier alpha value is -1.67. The second kappa shape index (κ2) is 5.54. The monoisotopic (exact) mass is 342 g/mol. The Bertz CT molecular complexity index is 700. The van der Waals surface area contributed by atoms with Gasteiger partial charge >= 0.3 is 5.69 Å². The lowest BCUT2D eigenvalue weighted by Gasteiger charge is -2.11. The lowest BCUT2D eigenvalue weighted by Crippen LogP contribution is -2.33. The van der Waals surface area contributed by atoms with Crippen LogP contribution in [0.2, 0.25) is 0 Å². The van der Waals surface area contributed by atoms with Gasteiger partial charge in [-0.15, -0.1) is 11.3 Å². The van der Waals surface area contributed by atoms with Crippen molar-refractivity contribution in [1.82, 2.24) is 9.55 Å². The molecule has 0 aliphatic carbocycles. The Morgan fingerprint density at radius 3 is 2.79 bits per heavy atom. The van der Waals surface area contributed by atoms with E-state index in [0.29, 0.717) is 5.82 Å². The minimum absolute atomic E-state index is 0.347. The number of anilines is 1. The van der Waals surface area contributed by atoms with Crippen LogP contribution in [-0.4, -0.2) is 22.8 Å². The van der Waals surface area contributed by atoms with Crippen molar-refractivity contribution < 1.29 is 0 Å². The first kappa shape index (κ1) is 13.8. The van der Waals surface area contributed by atoms with E-state index < -0.39 is 5.69 Å². The molecule has 19 heavy (non-hydrogen) atoms. The number of nitrogens with one attached hydrogen (secondary N) is 1. The van der Waals surface area contributed by atoms with E-state index in [4.69, 9.17) is 0 Å². The first-order valence-corrected chi connectivity index (χ1v) is 6.97. The van der Waals surface area contributed by atoms with Crippen molar-refractivity contribution >= 4 is 39.3 Å².